The second-order valence-electron chi connectivity index (χ2n) is 6.79. The summed E-state index contributed by atoms with van der Waals surface area (Å²) in [5, 5.41) is 5.40. The average Bonchev–Trinajstić information content (AvgIpc) is 2.71. The monoisotopic (exact) mass is 432 g/mol. The number of sulfone groups is 1. The molecule has 2 aromatic rings. The predicted octanol–water partition coefficient (Wildman–Crippen LogP) is 3.87. The smallest absolute Gasteiger partial charge is 0.237 e. The van der Waals surface area contributed by atoms with Crippen LogP contribution in [-0.4, -0.2) is 31.2 Å². The third-order valence-corrected chi connectivity index (χ3v) is 7.93. The van der Waals surface area contributed by atoms with Gasteiger partial charge in [-0.3, -0.25) is 9.59 Å². The van der Waals surface area contributed by atoms with Crippen LogP contribution in [0.15, 0.2) is 52.3 Å². The molecule has 0 radical (unpaired) electrons. The van der Waals surface area contributed by atoms with Gasteiger partial charge in [0.2, 0.25) is 11.8 Å². The molecule has 0 fully saturated rings. The van der Waals surface area contributed by atoms with E-state index in [1.54, 1.807) is 12.1 Å². The fraction of sp³-hybridized carbons (Fsp3) is 0.333. The molecule has 0 aliphatic carbocycles. The molecular weight excluding hydrogens is 408 g/mol. The standard InChI is InChI=1S/C21H24N2O4S2/c1-3-14-7-5-6-8-16(14)22-20(24)11-12-29(26,27)15-9-10-19-17(13-15)23-21(25)18(4-2)28-19/h5-10,13,18H,3-4,11-12H2,1-2H3,(H,22,24)(H,23,25). The fourth-order valence-electron chi connectivity index (χ4n) is 3.10. The van der Waals surface area contributed by atoms with Crippen molar-refractivity contribution >= 4 is 44.8 Å². The van der Waals surface area contributed by atoms with Crippen molar-refractivity contribution in [3.8, 4) is 0 Å². The van der Waals surface area contributed by atoms with Gasteiger partial charge in [0, 0.05) is 17.0 Å². The molecule has 0 bridgehead atoms. The summed E-state index contributed by atoms with van der Waals surface area (Å²) in [5.74, 6) is -0.763. The van der Waals surface area contributed by atoms with Crippen molar-refractivity contribution in [1.29, 1.82) is 0 Å². The molecule has 1 aliphatic heterocycles. The number of hydrogen-bond acceptors (Lipinski definition) is 5. The lowest BCUT2D eigenvalue weighted by Gasteiger charge is -2.23. The molecule has 2 amide bonds. The van der Waals surface area contributed by atoms with Gasteiger partial charge >= 0.3 is 0 Å². The molecule has 154 valence electrons. The van der Waals surface area contributed by atoms with E-state index in [9.17, 15) is 18.0 Å². The number of para-hydroxylation sites is 1. The minimum absolute atomic E-state index is 0.105. The van der Waals surface area contributed by atoms with Crippen LogP contribution in [0.2, 0.25) is 0 Å². The van der Waals surface area contributed by atoms with E-state index in [0.29, 0.717) is 17.8 Å². The van der Waals surface area contributed by atoms with Gasteiger partial charge in [0.1, 0.15) is 0 Å². The number of nitrogens with one attached hydrogen (secondary N) is 2. The van der Waals surface area contributed by atoms with E-state index in [-0.39, 0.29) is 34.1 Å². The molecule has 0 aromatic heterocycles. The number of benzene rings is 2. The van der Waals surface area contributed by atoms with Crippen LogP contribution < -0.4 is 10.6 Å². The number of aryl methyl sites for hydroxylation is 1. The Hall–Kier alpha value is -2.32. The van der Waals surface area contributed by atoms with Gasteiger partial charge in [0.05, 0.1) is 21.6 Å². The van der Waals surface area contributed by atoms with Crippen LogP contribution in [0.25, 0.3) is 0 Å². The van der Waals surface area contributed by atoms with Crippen molar-refractivity contribution in [1.82, 2.24) is 0 Å². The number of fused-ring (bicyclic) bond motifs is 1. The number of hydrogen-bond donors (Lipinski definition) is 2. The Balaban J connectivity index is 1.68. The summed E-state index contributed by atoms with van der Waals surface area (Å²) in [4.78, 5) is 25.3. The van der Waals surface area contributed by atoms with Gasteiger partial charge in [0.25, 0.3) is 0 Å². The highest BCUT2D eigenvalue weighted by Crippen LogP contribution is 2.38. The maximum atomic E-state index is 12.7. The number of anilines is 2. The first-order chi connectivity index (χ1) is 13.8. The third kappa shape index (κ3) is 5.00. The Morgan fingerprint density at radius 1 is 1.17 bits per heavy atom. The second-order valence-corrected chi connectivity index (χ2v) is 10.1. The van der Waals surface area contributed by atoms with E-state index in [1.165, 1.54) is 23.9 Å². The van der Waals surface area contributed by atoms with Crippen molar-refractivity contribution in [3.63, 3.8) is 0 Å². The lowest BCUT2D eigenvalue weighted by Crippen LogP contribution is -2.28. The Morgan fingerprint density at radius 2 is 1.93 bits per heavy atom. The molecule has 0 spiro atoms. The SMILES string of the molecule is CCc1ccccc1NC(=O)CCS(=O)(=O)c1ccc2c(c1)NC(=O)C(CC)S2. The normalized spacial score (nSPS) is 16.1. The van der Waals surface area contributed by atoms with Crippen LogP contribution in [0.3, 0.4) is 0 Å². The molecule has 1 unspecified atom stereocenters. The Morgan fingerprint density at radius 3 is 2.66 bits per heavy atom. The molecule has 3 rings (SSSR count). The Bertz CT molecular complexity index is 1030. The van der Waals surface area contributed by atoms with Crippen LogP contribution in [0.5, 0.6) is 0 Å². The quantitative estimate of drug-likeness (QED) is 0.693. The molecule has 2 aromatic carbocycles. The van der Waals surface area contributed by atoms with Gasteiger partial charge in [-0.2, -0.15) is 0 Å². The van der Waals surface area contributed by atoms with Crippen molar-refractivity contribution in [3.05, 3.63) is 48.0 Å². The lowest BCUT2D eigenvalue weighted by atomic mass is 10.1. The zero-order valence-corrected chi connectivity index (χ0v) is 18.0. The topological polar surface area (TPSA) is 92.3 Å². The van der Waals surface area contributed by atoms with Crippen molar-refractivity contribution in [2.45, 2.75) is 48.2 Å². The summed E-state index contributed by atoms with van der Waals surface area (Å²) in [5.41, 5.74) is 2.21. The zero-order chi connectivity index (χ0) is 21.0. The molecule has 1 heterocycles. The van der Waals surface area contributed by atoms with Gasteiger partial charge in [0.15, 0.2) is 9.84 Å². The molecule has 0 saturated heterocycles. The maximum Gasteiger partial charge on any atom is 0.237 e. The zero-order valence-electron chi connectivity index (χ0n) is 16.4. The summed E-state index contributed by atoms with van der Waals surface area (Å²) < 4.78 is 25.4. The van der Waals surface area contributed by atoms with E-state index >= 15 is 0 Å². The van der Waals surface area contributed by atoms with Gasteiger partial charge < -0.3 is 10.6 Å². The summed E-state index contributed by atoms with van der Waals surface area (Å²) in [7, 11) is -3.65. The van der Waals surface area contributed by atoms with E-state index in [4.69, 9.17) is 0 Å². The van der Waals surface area contributed by atoms with Crippen LogP contribution >= 0.6 is 11.8 Å². The molecule has 29 heavy (non-hydrogen) atoms. The van der Waals surface area contributed by atoms with Crippen LogP contribution in [0.1, 0.15) is 32.3 Å². The number of thioether (sulfide) groups is 1. The number of rotatable bonds is 7. The first-order valence-corrected chi connectivity index (χ1v) is 12.1. The molecule has 1 atom stereocenters. The first-order valence-electron chi connectivity index (χ1n) is 9.56. The van der Waals surface area contributed by atoms with Crippen LogP contribution in [0, 0.1) is 0 Å². The highest BCUT2D eigenvalue weighted by Gasteiger charge is 2.27. The van der Waals surface area contributed by atoms with Crippen molar-refractivity contribution < 1.29 is 18.0 Å². The summed E-state index contributed by atoms with van der Waals surface area (Å²) in [6.07, 6.45) is 1.33. The molecular formula is C21H24N2O4S2. The molecule has 6 nitrogen and oxygen atoms in total. The molecule has 2 N–H and O–H groups in total. The Kier molecular flexibility index (Phi) is 6.64. The minimum atomic E-state index is -3.65. The van der Waals surface area contributed by atoms with Gasteiger partial charge in [-0.1, -0.05) is 32.0 Å². The highest BCUT2D eigenvalue weighted by atomic mass is 32.2. The predicted molar refractivity (Wildman–Crippen MR) is 116 cm³/mol. The number of carbonyl (C=O) groups is 2. The van der Waals surface area contributed by atoms with Gasteiger partial charge in [-0.05, 0) is 42.7 Å². The fourth-order valence-corrected chi connectivity index (χ4v) is 5.39. The first kappa shape index (κ1) is 21.4. The van der Waals surface area contributed by atoms with Crippen molar-refractivity contribution in [2.75, 3.05) is 16.4 Å². The van der Waals surface area contributed by atoms with Crippen molar-refractivity contribution in [2.24, 2.45) is 0 Å². The largest absolute Gasteiger partial charge is 0.326 e. The molecule has 1 aliphatic rings. The summed E-state index contributed by atoms with van der Waals surface area (Å²) in [6.45, 7) is 3.93. The van der Waals surface area contributed by atoms with Gasteiger partial charge in [-0.15, -0.1) is 11.8 Å². The lowest BCUT2D eigenvalue weighted by molar-refractivity contribution is -0.116. The average molecular weight is 433 g/mol. The number of carbonyl (C=O) groups excluding carboxylic acids is 2. The maximum absolute atomic E-state index is 12.7. The van der Waals surface area contributed by atoms with E-state index in [1.807, 2.05) is 32.0 Å². The highest BCUT2D eigenvalue weighted by molar-refractivity contribution is 8.01. The summed E-state index contributed by atoms with van der Waals surface area (Å²) >= 11 is 1.44. The molecule has 0 saturated carbocycles. The Labute approximate surface area is 175 Å². The van der Waals surface area contributed by atoms with Crippen LogP contribution in [0.4, 0.5) is 11.4 Å². The minimum Gasteiger partial charge on any atom is -0.326 e. The van der Waals surface area contributed by atoms with Crippen LogP contribution in [-0.2, 0) is 25.8 Å². The number of amides is 2. The molecule has 8 heteroatoms. The van der Waals surface area contributed by atoms with Gasteiger partial charge in [-0.25, -0.2) is 8.42 Å². The second kappa shape index (κ2) is 9.00. The van der Waals surface area contributed by atoms with E-state index in [0.717, 1.165) is 16.9 Å². The van der Waals surface area contributed by atoms with E-state index < -0.39 is 9.84 Å². The van der Waals surface area contributed by atoms with E-state index in [2.05, 4.69) is 10.6 Å². The summed E-state index contributed by atoms with van der Waals surface area (Å²) in [6, 6.07) is 12.2. The third-order valence-electron chi connectivity index (χ3n) is 4.77.